The summed E-state index contributed by atoms with van der Waals surface area (Å²) < 4.78 is 34.7. The van der Waals surface area contributed by atoms with E-state index in [9.17, 15) is 23.2 Å². The zero-order valence-electron chi connectivity index (χ0n) is 14.5. The molecular formula is C16H20F2N2O5S. The van der Waals surface area contributed by atoms with Crippen molar-refractivity contribution < 1.29 is 32.6 Å². The molecule has 10 heteroatoms. The molecule has 1 amide bonds. The van der Waals surface area contributed by atoms with Crippen LogP contribution < -0.4 is 5.73 Å². The Labute approximate surface area is 153 Å². The third-order valence-electron chi connectivity index (χ3n) is 3.67. The average Bonchev–Trinajstić information content (AvgIpc) is 2.57. The van der Waals surface area contributed by atoms with Crippen molar-refractivity contribution in [1.82, 2.24) is 4.90 Å². The number of hydrogen-bond acceptors (Lipinski definition) is 7. The van der Waals surface area contributed by atoms with Crippen LogP contribution in [0.25, 0.3) is 0 Å². The molecule has 0 radical (unpaired) electrons. The number of halogens is 2. The molecular weight excluding hydrogens is 370 g/mol. The first-order chi connectivity index (χ1) is 12.0. The molecule has 0 aliphatic carbocycles. The van der Waals surface area contributed by atoms with Gasteiger partial charge in [0.1, 0.15) is 17.1 Å². The van der Waals surface area contributed by atoms with Crippen molar-refractivity contribution in [2.45, 2.75) is 38.6 Å². The number of carbonyl (C=O) groups excluding carboxylic acids is 3. The van der Waals surface area contributed by atoms with Gasteiger partial charge < -0.3 is 15.2 Å². The molecule has 2 heterocycles. The van der Waals surface area contributed by atoms with Gasteiger partial charge in [-0.05, 0) is 32.4 Å². The van der Waals surface area contributed by atoms with Crippen molar-refractivity contribution in [3.63, 3.8) is 0 Å². The molecule has 7 nitrogen and oxygen atoms in total. The number of fused-ring (bicyclic) bond motifs is 1. The summed E-state index contributed by atoms with van der Waals surface area (Å²) in [5.74, 6) is -1.79. The van der Waals surface area contributed by atoms with Gasteiger partial charge in [-0.2, -0.15) is 0 Å². The Morgan fingerprint density at radius 1 is 1.38 bits per heavy atom. The Morgan fingerprint density at radius 2 is 2.04 bits per heavy atom. The lowest BCUT2D eigenvalue weighted by molar-refractivity contribution is -0.173. The molecule has 1 saturated heterocycles. The van der Waals surface area contributed by atoms with Crippen molar-refractivity contribution in [1.29, 1.82) is 0 Å². The van der Waals surface area contributed by atoms with Crippen molar-refractivity contribution in [3.8, 4) is 0 Å². The van der Waals surface area contributed by atoms with Gasteiger partial charge >= 0.3 is 11.9 Å². The predicted octanol–water partition coefficient (Wildman–Crippen LogP) is 1.39. The van der Waals surface area contributed by atoms with E-state index in [1.165, 1.54) is 11.8 Å². The Bertz CT molecular complexity index is 672. The molecule has 0 aromatic carbocycles. The third kappa shape index (κ3) is 4.24. The van der Waals surface area contributed by atoms with Crippen LogP contribution in [0.4, 0.5) is 8.78 Å². The van der Waals surface area contributed by atoms with E-state index < -0.39 is 47.9 Å². The van der Waals surface area contributed by atoms with Crippen LogP contribution >= 0.6 is 11.8 Å². The number of hydrogen-bond donors (Lipinski definition) is 1. The van der Waals surface area contributed by atoms with Crippen molar-refractivity contribution in [2.75, 3.05) is 12.5 Å². The molecule has 0 spiro atoms. The van der Waals surface area contributed by atoms with E-state index in [1.807, 2.05) is 0 Å². The quantitative estimate of drug-likeness (QED) is 0.430. The lowest BCUT2D eigenvalue weighted by Gasteiger charge is -2.48. The first kappa shape index (κ1) is 20.4. The summed E-state index contributed by atoms with van der Waals surface area (Å²) in [5.41, 5.74) is 5.00. The first-order valence-electron chi connectivity index (χ1n) is 7.78. The summed E-state index contributed by atoms with van der Waals surface area (Å²) in [6.07, 6.45) is -1.000. The number of allylic oxidation sites excluding steroid dienone is 2. The third-order valence-corrected chi connectivity index (χ3v) is 4.99. The number of carbonyl (C=O) groups is 3. The first-order valence-corrected chi connectivity index (χ1v) is 8.83. The van der Waals surface area contributed by atoms with Crippen molar-refractivity contribution >= 4 is 29.6 Å². The van der Waals surface area contributed by atoms with Gasteiger partial charge in [0, 0.05) is 5.75 Å². The largest absolute Gasteiger partial charge is 0.427 e. The highest BCUT2D eigenvalue weighted by Crippen LogP contribution is 2.40. The van der Waals surface area contributed by atoms with E-state index in [4.69, 9.17) is 15.2 Å². The minimum Gasteiger partial charge on any atom is -0.427 e. The van der Waals surface area contributed by atoms with Crippen LogP contribution in [0, 0.1) is 5.41 Å². The van der Waals surface area contributed by atoms with E-state index in [2.05, 4.69) is 0 Å². The zero-order valence-corrected chi connectivity index (χ0v) is 15.3. The number of rotatable bonds is 5. The van der Waals surface area contributed by atoms with Crippen LogP contribution in [0.5, 0.6) is 0 Å². The van der Waals surface area contributed by atoms with Gasteiger partial charge in [-0.25, -0.2) is 13.6 Å². The fourth-order valence-electron chi connectivity index (χ4n) is 2.27. The van der Waals surface area contributed by atoms with Gasteiger partial charge in [-0.15, -0.1) is 11.8 Å². The number of nitrogens with zero attached hydrogens (tertiary/aromatic N) is 1. The molecule has 2 atom stereocenters. The maximum absolute atomic E-state index is 12.5. The summed E-state index contributed by atoms with van der Waals surface area (Å²) in [5, 5.41) is -0.453. The molecule has 0 aromatic heterocycles. The van der Waals surface area contributed by atoms with Crippen LogP contribution in [0.15, 0.2) is 23.4 Å². The van der Waals surface area contributed by atoms with Crippen molar-refractivity contribution in [3.05, 3.63) is 23.4 Å². The normalized spacial score (nSPS) is 23.2. The maximum Gasteiger partial charge on any atom is 0.358 e. The molecule has 0 unspecified atom stereocenters. The summed E-state index contributed by atoms with van der Waals surface area (Å²) >= 11 is 1.27. The van der Waals surface area contributed by atoms with Gasteiger partial charge in [0.2, 0.25) is 12.7 Å². The van der Waals surface area contributed by atoms with Gasteiger partial charge in [-0.1, -0.05) is 6.08 Å². The number of esters is 2. The molecule has 0 saturated carbocycles. The van der Waals surface area contributed by atoms with Crippen LogP contribution in [-0.4, -0.2) is 53.1 Å². The molecule has 2 aliphatic rings. The smallest absolute Gasteiger partial charge is 0.358 e. The summed E-state index contributed by atoms with van der Waals surface area (Å²) in [7, 11) is 0. The number of alkyl halides is 2. The molecule has 26 heavy (non-hydrogen) atoms. The average molecular weight is 390 g/mol. The maximum atomic E-state index is 12.5. The second-order valence-corrected chi connectivity index (χ2v) is 7.84. The Morgan fingerprint density at radius 3 is 2.62 bits per heavy atom. The van der Waals surface area contributed by atoms with Gasteiger partial charge in [0.15, 0.2) is 0 Å². The fraction of sp³-hybridized carbons (Fsp3) is 0.562. The Kier molecular flexibility index (Phi) is 6.07. The highest BCUT2D eigenvalue weighted by Gasteiger charge is 2.51. The predicted molar refractivity (Wildman–Crippen MR) is 89.7 cm³/mol. The standard InChI is InChI=1S/C16H20F2N2O5S/c1-16(2,3)15(23)25-7-24-14(22)11-8(4-5-9(17)18)6-26-13-10(19)12(21)20(11)13/h4-5,9-10,13H,6-7,19H2,1-3H3/b5-4-/t10-,13-/m1/s1. The van der Waals surface area contributed by atoms with E-state index in [0.717, 1.165) is 11.0 Å². The molecule has 0 bridgehead atoms. The number of amides is 1. The number of thioether (sulfide) groups is 1. The lowest BCUT2D eigenvalue weighted by atomic mass is 9.98. The van der Waals surface area contributed by atoms with E-state index in [0.29, 0.717) is 6.08 Å². The van der Waals surface area contributed by atoms with Crippen molar-refractivity contribution in [2.24, 2.45) is 11.1 Å². The second kappa shape index (κ2) is 7.75. The van der Waals surface area contributed by atoms with Crippen LogP contribution in [-0.2, 0) is 23.9 Å². The molecule has 2 N–H and O–H groups in total. The topological polar surface area (TPSA) is 98.9 Å². The van der Waals surface area contributed by atoms with E-state index >= 15 is 0 Å². The molecule has 2 rings (SSSR count). The number of nitrogens with two attached hydrogens (primary N) is 1. The minimum atomic E-state index is -2.70. The summed E-state index contributed by atoms with van der Waals surface area (Å²) in [4.78, 5) is 37.2. The van der Waals surface area contributed by atoms with Gasteiger partial charge in [0.05, 0.1) is 5.41 Å². The van der Waals surface area contributed by atoms with E-state index in [-0.39, 0.29) is 17.0 Å². The van der Waals surface area contributed by atoms with Crippen LogP contribution in [0.3, 0.4) is 0 Å². The van der Waals surface area contributed by atoms with Gasteiger partial charge in [-0.3, -0.25) is 14.5 Å². The molecule has 144 valence electrons. The second-order valence-electron chi connectivity index (χ2n) is 6.73. The molecule has 0 aromatic rings. The summed E-state index contributed by atoms with van der Waals surface area (Å²) in [6, 6.07) is -0.762. The molecule has 1 fully saturated rings. The zero-order chi connectivity index (χ0) is 19.6. The monoisotopic (exact) mass is 390 g/mol. The SMILES string of the molecule is CC(C)(C)C(=O)OCOC(=O)C1=C(/C=C\C(F)F)CS[C@@H]2[C@H](N)C(=O)N12. The molecule has 2 aliphatic heterocycles. The van der Waals surface area contributed by atoms with E-state index in [1.54, 1.807) is 20.8 Å². The summed E-state index contributed by atoms with van der Waals surface area (Å²) in [6.45, 7) is 4.26. The van der Waals surface area contributed by atoms with Crippen LogP contribution in [0.2, 0.25) is 0 Å². The number of β-lactam (4-membered cyclic amide) rings is 1. The highest BCUT2D eigenvalue weighted by molar-refractivity contribution is 8.00. The van der Waals surface area contributed by atoms with Gasteiger partial charge in [0.25, 0.3) is 6.43 Å². The minimum absolute atomic E-state index is 0.149. The fourth-order valence-corrected chi connectivity index (χ4v) is 3.53. The number of ether oxygens (including phenoxy) is 2. The Hall–Kier alpha value is -1.94. The van der Waals surface area contributed by atoms with Crippen LogP contribution in [0.1, 0.15) is 20.8 Å². The lowest BCUT2D eigenvalue weighted by Crippen LogP contribution is -2.68. The highest BCUT2D eigenvalue weighted by atomic mass is 32.2. The Balaban J connectivity index is 2.15.